The fourth-order valence-corrected chi connectivity index (χ4v) is 3.23. The molecule has 2 aromatic carbocycles. The first-order valence-corrected chi connectivity index (χ1v) is 9.81. The molecule has 0 saturated carbocycles. The molecule has 4 rings (SSSR count). The fourth-order valence-electron chi connectivity index (χ4n) is 3.23. The zero-order valence-electron chi connectivity index (χ0n) is 17.0. The predicted octanol–water partition coefficient (Wildman–Crippen LogP) is 6.35. The maximum atomic E-state index is 12.4. The van der Waals surface area contributed by atoms with Crippen LogP contribution in [-0.4, -0.2) is 17.3 Å². The standard InChI is InChI=1S/C25H17F3N2O3/c26-25(27,28)33-19-11-9-17(10-12-19)21(23-7-3-15-32-23)5-2-8-24(31)30-22-6-1-4-18-16-29-14-13-20(18)22/h1-16H,(H,30,31)/b8-2+,21-5-. The van der Waals surface area contributed by atoms with Crippen molar-refractivity contribution in [1.29, 1.82) is 0 Å². The number of amides is 1. The number of carbonyl (C=O) groups is 1. The number of nitrogens with one attached hydrogen (secondary N) is 1. The van der Waals surface area contributed by atoms with E-state index in [0.717, 1.165) is 10.8 Å². The number of benzene rings is 2. The van der Waals surface area contributed by atoms with E-state index in [2.05, 4.69) is 15.0 Å². The number of hydrogen-bond acceptors (Lipinski definition) is 4. The van der Waals surface area contributed by atoms with E-state index in [1.165, 1.54) is 36.6 Å². The molecule has 0 aliphatic heterocycles. The van der Waals surface area contributed by atoms with E-state index < -0.39 is 6.36 Å². The van der Waals surface area contributed by atoms with Gasteiger partial charge in [-0.25, -0.2) is 0 Å². The summed E-state index contributed by atoms with van der Waals surface area (Å²) in [4.78, 5) is 16.5. The Morgan fingerprint density at radius 2 is 1.85 bits per heavy atom. The topological polar surface area (TPSA) is 64.4 Å². The highest BCUT2D eigenvalue weighted by Gasteiger charge is 2.31. The van der Waals surface area contributed by atoms with Crippen LogP contribution in [0.25, 0.3) is 16.3 Å². The lowest BCUT2D eigenvalue weighted by Gasteiger charge is -2.10. The summed E-state index contributed by atoms with van der Waals surface area (Å²) in [6, 6.07) is 16.1. The van der Waals surface area contributed by atoms with Crippen molar-refractivity contribution in [2.45, 2.75) is 6.36 Å². The van der Waals surface area contributed by atoms with Crippen LogP contribution < -0.4 is 10.1 Å². The van der Waals surface area contributed by atoms with Crippen molar-refractivity contribution in [3.8, 4) is 5.75 Å². The predicted molar refractivity (Wildman–Crippen MR) is 118 cm³/mol. The number of anilines is 1. The number of pyridine rings is 1. The molecule has 0 unspecified atom stereocenters. The Morgan fingerprint density at radius 3 is 2.58 bits per heavy atom. The van der Waals surface area contributed by atoms with Crippen molar-refractivity contribution >= 4 is 27.9 Å². The van der Waals surface area contributed by atoms with E-state index >= 15 is 0 Å². The Labute approximate surface area is 186 Å². The molecule has 0 bridgehead atoms. The monoisotopic (exact) mass is 450 g/mol. The number of rotatable bonds is 6. The largest absolute Gasteiger partial charge is 0.573 e. The summed E-state index contributed by atoms with van der Waals surface area (Å²) in [5, 5.41) is 4.60. The highest BCUT2D eigenvalue weighted by Crippen LogP contribution is 2.28. The zero-order chi connectivity index (χ0) is 23.3. The highest BCUT2D eigenvalue weighted by atomic mass is 19.4. The van der Waals surface area contributed by atoms with E-state index in [1.54, 1.807) is 42.7 Å². The molecule has 33 heavy (non-hydrogen) atoms. The second kappa shape index (κ2) is 9.44. The number of aromatic nitrogens is 1. The van der Waals surface area contributed by atoms with E-state index in [1.807, 2.05) is 18.2 Å². The normalized spacial score (nSPS) is 12.3. The molecule has 0 aliphatic carbocycles. The quantitative estimate of drug-likeness (QED) is 0.275. The van der Waals surface area contributed by atoms with Gasteiger partial charge in [-0.2, -0.15) is 0 Å². The molecule has 1 amide bonds. The van der Waals surface area contributed by atoms with E-state index in [-0.39, 0.29) is 11.7 Å². The summed E-state index contributed by atoms with van der Waals surface area (Å²) in [6.07, 6.45) is 4.62. The van der Waals surface area contributed by atoms with Crippen LogP contribution in [0.3, 0.4) is 0 Å². The molecule has 0 saturated heterocycles. The second-order valence-corrected chi connectivity index (χ2v) is 6.88. The third-order valence-corrected chi connectivity index (χ3v) is 4.63. The molecule has 0 aliphatic rings. The number of nitrogens with zero attached hydrogens (tertiary/aromatic N) is 1. The molecule has 1 N–H and O–H groups in total. The molecular formula is C25H17F3N2O3. The van der Waals surface area contributed by atoms with E-state index in [9.17, 15) is 18.0 Å². The second-order valence-electron chi connectivity index (χ2n) is 6.88. The average molecular weight is 450 g/mol. The van der Waals surface area contributed by atoms with Crippen LogP contribution in [-0.2, 0) is 4.79 Å². The van der Waals surface area contributed by atoms with Crippen molar-refractivity contribution in [2.75, 3.05) is 5.32 Å². The third-order valence-electron chi connectivity index (χ3n) is 4.63. The molecule has 4 aromatic rings. The average Bonchev–Trinajstić information content (AvgIpc) is 3.31. The van der Waals surface area contributed by atoms with Gasteiger partial charge < -0.3 is 14.5 Å². The van der Waals surface area contributed by atoms with Crippen molar-refractivity contribution in [2.24, 2.45) is 0 Å². The maximum absolute atomic E-state index is 12.4. The number of allylic oxidation sites excluding steroid dienone is 2. The highest BCUT2D eigenvalue weighted by molar-refractivity contribution is 6.06. The lowest BCUT2D eigenvalue weighted by Crippen LogP contribution is -2.17. The van der Waals surface area contributed by atoms with Gasteiger partial charge in [-0.15, -0.1) is 13.2 Å². The molecule has 166 valence electrons. The summed E-state index contributed by atoms with van der Waals surface area (Å²) in [5.41, 5.74) is 1.82. The molecule has 2 aromatic heterocycles. The van der Waals surface area contributed by atoms with Crippen LogP contribution in [0.2, 0.25) is 0 Å². The van der Waals surface area contributed by atoms with Gasteiger partial charge in [0.05, 0.1) is 6.26 Å². The lowest BCUT2D eigenvalue weighted by atomic mass is 10.0. The molecule has 0 fully saturated rings. The molecule has 0 spiro atoms. The Morgan fingerprint density at radius 1 is 1.03 bits per heavy atom. The lowest BCUT2D eigenvalue weighted by molar-refractivity contribution is -0.274. The van der Waals surface area contributed by atoms with Crippen LogP contribution in [0.5, 0.6) is 5.75 Å². The number of halogens is 3. The number of ether oxygens (including phenoxy) is 1. The Balaban J connectivity index is 1.54. The van der Waals surface area contributed by atoms with Gasteiger partial charge in [0, 0.05) is 40.5 Å². The molecular weight excluding hydrogens is 433 g/mol. The SMILES string of the molecule is O=C(/C=C/C=C(/c1ccc(OC(F)(F)F)cc1)c1ccco1)Nc1cccc2cnccc12. The minimum absolute atomic E-state index is 0.328. The molecule has 0 atom stereocenters. The van der Waals surface area contributed by atoms with Crippen molar-refractivity contribution in [3.05, 3.63) is 109 Å². The van der Waals surface area contributed by atoms with Gasteiger partial charge in [0.25, 0.3) is 0 Å². The number of alkyl halides is 3. The fraction of sp³-hybridized carbons (Fsp3) is 0.0400. The Bertz CT molecular complexity index is 1300. The first-order valence-electron chi connectivity index (χ1n) is 9.81. The molecule has 0 radical (unpaired) electrons. The van der Waals surface area contributed by atoms with E-state index in [4.69, 9.17) is 4.42 Å². The van der Waals surface area contributed by atoms with Crippen molar-refractivity contribution in [1.82, 2.24) is 4.98 Å². The summed E-state index contributed by atoms with van der Waals surface area (Å²) >= 11 is 0. The molecule has 5 nitrogen and oxygen atoms in total. The van der Waals surface area contributed by atoms with Gasteiger partial charge in [-0.1, -0.05) is 36.4 Å². The minimum atomic E-state index is -4.77. The minimum Gasteiger partial charge on any atom is -0.464 e. The number of carbonyl (C=O) groups excluding carboxylic acids is 1. The summed E-state index contributed by atoms with van der Waals surface area (Å²) in [7, 11) is 0. The molecule has 2 heterocycles. The van der Waals surface area contributed by atoms with Gasteiger partial charge in [-0.3, -0.25) is 9.78 Å². The van der Waals surface area contributed by atoms with Crippen LogP contribution in [0.4, 0.5) is 18.9 Å². The summed E-state index contributed by atoms with van der Waals surface area (Å²) in [6.45, 7) is 0. The Hall–Kier alpha value is -4.33. The number of fused-ring (bicyclic) bond motifs is 1. The van der Waals surface area contributed by atoms with Gasteiger partial charge in [-0.05, 0) is 42.0 Å². The smallest absolute Gasteiger partial charge is 0.464 e. The Kier molecular flexibility index (Phi) is 6.26. The maximum Gasteiger partial charge on any atom is 0.573 e. The van der Waals surface area contributed by atoms with Crippen LogP contribution in [0.1, 0.15) is 11.3 Å². The number of furan rings is 1. The van der Waals surface area contributed by atoms with E-state index in [0.29, 0.717) is 22.6 Å². The first kappa shape index (κ1) is 21.9. The van der Waals surface area contributed by atoms with Gasteiger partial charge >= 0.3 is 6.36 Å². The number of hydrogen-bond donors (Lipinski definition) is 1. The van der Waals surface area contributed by atoms with Gasteiger partial charge in [0.2, 0.25) is 5.91 Å². The third kappa shape index (κ3) is 5.68. The van der Waals surface area contributed by atoms with Crippen LogP contribution in [0, 0.1) is 0 Å². The summed E-state index contributed by atoms with van der Waals surface area (Å²) < 4.78 is 46.6. The van der Waals surface area contributed by atoms with Gasteiger partial charge in [0.15, 0.2) is 0 Å². The van der Waals surface area contributed by atoms with Crippen molar-refractivity contribution < 1.29 is 27.1 Å². The van der Waals surface area contributed by atoms with Crippen molar-refractivity contribution in [3.63, 3.8) is 0 Å². The van der Waals surface area contributed by atoms with Crippen LogP contribution in [0.15, 0.2) is 102 Å². The van der Waals surface area contributed by atoms with Gasteiger partial charge in [0.1, 0.15) is 11.5 Å². The molecule has 8 heteroatoms. The first-order chi connectivity index (χ1) is 15.9. The van der Waals surface area contributed by atoms with Crippen LogP contribution >= 0.6 is 0 Å². The zero-order valence-corrected chi connectivity index (χ0v) is 17.0. The summed E-state index contributed by atoms with van der Waals surface area (Å²) in [5.74, 6) is -0.181.